The Morgan fingerprint density at radius 3 is 2.21 bits per heavy atom. The number of likely N-dealkylation sites (N-methyl/N-ethyl adjacent to an activating group) is 1. The van der Waals surface area contributed by atoms with Crippen molar-refractivity contribution in [2.24, 2.45) is 5.41 Å². The third-order valence-electron chi connectivity index (χ3n) is 5.00. The van der Waals surface area contributed by atoms with Gasteiger partial charge in [0.05, 0.1) is 33.0 Å². The van der Waals surface area contributed by atoms with Crippen molar-refractivity contribution in [2.45, 2.75) is 27.2 Å². The summed E-state index contributed by atoms with van der Waals surface area (Å²) in [5.74, 6) is 0. The van der Waals surface area contributed by atoms with Crippen LogP contribution in [-0.4, -0.2) is 118 Å². The van der Waals surface area contributed by atoms with Crippen molar-refractivity contribution in [3.63, 3.8) is 0 Å². The molecule has 29 heavy (non-hydrogen) atoms. The van der Waals surface area contributed by atoms with E-state index in [1.165, 1.54) is 13.1 Å². The first-order valence-corrected chi connectivity index (χ1v) is 10.7. The second-order valence-corrected chi connectivity index (χ2v) is 7.36. The third kappa shape index (κ3) is 10.9. The summed E-state index contributed by atoms with van der Waals surface area (Å²) < 4.78 is 15.3. The number of aliphatic hydroxyl groups excluding tert-OH is 1. The molecule has 3 aliphatic heterocycles. The molecule has 169 valence electrons. The van der Waals surface area contributed by atoms with Crippen molar-refractivity contribution in [1.82, 2.24) is 14.7 Å². The Hall–Kier alpha value is 0.174. The van der Waals surface area contributed by atoms with Crippen molar-refractivity contribution < 1.29 is 56.8 Å². The van der Waals surface area contributed by atoms with Crippen molar-refractivity contribution in [3.05, 3.63) is 0 Å². The number of hydrogen-bond acceptors (Lipinski definition) is 7. The minimum Gasteiger partial charge on any atom is -0.450 e. The van der Waals surface area contributed by atoms with Crippen LogP contribution in [0.5, 0.6) is 0 Å². The largest absolute Gasteiger partial charge is 0.450 e. The number of hydrogen-bond donors (Lipinski definition) is 1. The van der Waals surface area contributed by atoms with E-state index in [2.05, 4.69) is 9.80 Å². The number of carbonyl (C=O) groups is 1. The number of morpholine rings is 1. The average molecular weight is 492 g/mol. The van der Waals surface area contributed by atoms with E-state index in [9.17, 15) is 4.79 Å². The van der Waals surface area contributed by atoms with Gasteiger partial charge in [-0.05, 0) is 13.3 Å². The van der Waals surface area contributed by atoms with Gasteiger partial charge in [0.1, 0.15) is 0 Å². The Labute approximate surface area is 202 Å². The molecule has 0 atom stereocenters. The fourth-order valence-electron chi connectivity index (χ4n) is 3.37. The molecule has 0 aromatic carbocycles. The maximum Gasteiger partial charge on any atom is 0.409 e. The average Bonchev–Trinajstić information content (AvgIpc) is 2.67. The van der Waals surface area contributed by atoms with Crippen LogP contribution in [0.15, 0.2) is 0 Å². The summed E-state index contributed by atoms with van der Waals surface area (Å²) in [5, 5.41) is 8.58. The molecule has 0 aromatic heterocycles. The normalized spacial score (nSPS) is 19.9. The second-order valence-electron chi connectivity index (χ2n) is 7.36. The molecule has 1 radical (unpaired) electrons. The quantitative estimate of drug-likeness (QED) is 0.571. The summed E-state index contributed by atoms with van der Waals surface area (Å²) in [6.07, 6.45) is 0.669. The Morgan fingerprint density at radius 2 is 1.72 bits per heavy atom. The van der Waals surface area contributed by atoms with Crippen LogP contribution in [0.1, 0.15) is 27.2 Å². The fraction of sp³-hybridized carbons (Fsp3) is 0.950. The summed E-state index contributed by atoms with van der Waals surface area (Å²) in [4.78, 5) is 17.6. The molecular formula is C20H41N3O5Y. The van der Waals surface area contributed by atoms with E-state index in [0.717, 1.165) is 59.0 Å². The molecule has 1 amide bonds. The van der Waals surface area contributed by atoms with E-state index in [1.54, 1.807) is 11.9 Å². The number of likely N-dealkylation sites (tertiary alicyclic amines) is 1. The van der Waals surface area contributed by atoms with Gasteiger partial charge in [0.25, 0.3) is 0 Å². The van der Waals surface area contributed by atoms with Crippen LogP contribution in [0.3, 0.4) is 0 Å². The van der Waals surface area contributed by atoms with Crippen LogP contribution in [0.4, 0.5) is 4.79 Å². The third-order valence-corrected chi connectivity index (χ3v) is 5.00. The predicted molar refractivity (Wildman–Crippen MR) is 110 cm³/mol. The van der Waals surface area contributed by atoms with Crippen molar-refractivity contribution in [2.75, 3.05) is 92.5 Å². The van der Waals surface area contributed by atoms with Crippen LogP contribution in [-0.2, 0) is 46.9 Å². The Kier molecular flexibility index (Phi) is 16.9. The van der Waals surface area contributed by atoms with Crippen LogP contribution in [0.25, 0.3) is 0 Å². The number of ether oxygens (including phenoxy) is 3. The second kappa shape index (κ2) is 16.8. The molecule has 0 aromatic rings. The van der Waals surface area contributed by atoms with Crippen molar-refractivity contribution in [3.8, 4) is 0 Å². The molecular weight excluding hydrogens is 451 g/mol. The number of rotatable bonds is 7. The van der Waals surface area contributed by atoms with Gasteiger partial charge in [-0.25, -0.2) is 4.79 Å². The number of amides is 1. The zero-order chi connectivity index (χ0) is 20.8. The monoisotopic (exact) mass is 492 g/mol. The van der Waals surface area contributed by atoms with Gasteiger partial charge in [0.15, 0.2) is 0 Å². The number of nitrogens with zero attached hydrogens (tertiary/aromatic N) is 3. The molecule has 1 spiro atoms. The van der Waals surface area contributed by atoms with Crippen LogP contribution < -0.4 is 0 Å². The van der Waals surface area contributed by atoms with E-state index >= 15 is 0 Å². The van der Waals surface area contributed by atoms with Gasteiger partial charge in [-0.15, -0.1) is 0 Å². The van der Waals surface area contributed by atoms with Gasteiger partial charge in [0, 0.05) is 97.6 Å². The molecule has 0 bridgehead atoms. The van der Waals surface area contributed by atoms with Crippen molar-refractivity contribution >= 4 is 6.09 Å². The molecule has 8 nitrogen and oxygen atoms in total. The molecule has 3 fully saturated rings. The summed E-state index contributed by atoms with van der Waals surface area (Å²) >= 11 is 0. The molecule has 9 heteroatoms. The number of aliphatic hydroxyl groups is 1. The van der Waals surface area contributed by atoms with Gasteiger partial charge >= 0.3 is 6.09 Å². The zero-order valence-electron chi connectivity index (χ0n) is 18.9. The van der Waals surface area contributed by atoms with E-state index in [4.69, 9.17) is 19.3 Å². The topological polar surface area (TPSA) is 74.7 Å². The Bertz CT molecular complexity index is 413. The van der Waals surface area contributed by atoms with E-state index < -0.39 is 0 Å². The summed E-state index contributed by atoms with van der Waals surface area (Å²) in [6.45, 7) is 17.0. The van der Waals surface area contributed by atoms with Gasteiger partial charge in [0.2, 0.25) is 0 Å². The molecule has 3 aliphatic rings. The summed E-state index contributed by atoms with van der Waals surface area (Å²) in [7, 11) is 1.76. The molecule has 0 unspecified atom stereocenters. The summed E-state index contributed by atoms with van der Waals surface area (Å²) in [5.41, 5.74) is 0.537. The Balaban J connectivity index is 0.000000497. The van der Waals surface area contributed by atoms with E-state index in [1.807, 2.05) is 20.8 Å². The molecule has 0 aliphatic carbocycles. The maximum atomic E-state index is 11.3. The van der Waals surface area contributed by atoms with Crippen LogP contribution >= 0.6 is 0 Å². The molecule has 0 saturated carbocycles. The van der Waals surface area contributed by atoms with Crippen molar-refractivity contribution in [1.29, 1.82) is 0 Å². The van der Waals surface area contributed by atoms with Crippen LogP contribution in [0.2, 0.25) is 0 Å². The first-order chi connectivity index (χ1) is 13.6. The SMILES string of the molecule is CC.CCOC(=O)N(C)CCN1CCOCC1.OCCCN1CC2(COC2)C1.[Y]. The molecule has 3 heterocycles. The Morgan fingerprint density at radius 1 is 1.10 bits per heavy atom. The minimum atomic E-state index is -0.245. The zero-order valence-corrected chi connectivity index (χ0v) is 21.7. The smallest absolute Gasteiger partial charge is 0.409 e. The van der Waals surface area contributed by atoms with Gasteiger partial charge in [-0.3, -0.25) is 4.90 Å². The summed E-state index contributed by atoms with van der Waals surface area (Å²) in [6, 6.07) is 0. The van der Waals surface area contributed by atoms with Gasteiger partial charge in [-0.2, -0.15) is 0 Å². The van der Waals surface area contributed by atoms with E-state index in [-0.39, 0.29) is 38.8 Å². The first-order valence-electron chi connectivity index (χ1n) is 10.7. The maximum absolute atomic E-state index is 11.3. The standard InChI is InChI=1S/C10H20N2O3.C8H15NO2.C2H6.Y/c1-3-15-10(13)11(2)4-5-12-6-8-14-9-7-12;10-3-1-2-9-4-8(5-9)6-11-7-8;1-2;/h3-9H2,1-2H3;10H,1-7H2;1-2H3;. The molecule has 1 N–H and O–H groups in total. The van der Waals surface area contributed by atoms with Gasteiger partial charge < -0.3 is 29.1 Å². The first kappa shape index (κ1) is 29.2. The fourth-order valence-corrected chi connectivity index (χ4v) is 3.37. The molecule has 3 rings (SSSR count). The van der Waals surface area contributed by atoms with Crippen LogP contribution in [0, 0.1) is 5.41 Å². The number of carbonyl (C=O) groups excluding carboxylic acids is 1. The minimum absolute atomic E-state index is 0. The van der Waals surface area contributed by atoms with E-state index in [0.29, 0.717) is 25.2 Å². The molecule has 3 saturated heterocycles. The van der Waals surface area contributed by atoms with Gasteiger partial charge in [-0.1, -0.05) is 13.8 Å². The predicted octanol–water partition coefficient (Wildman–Crippen LogP) is 1.13.